The summed E-state index contributed by atoms with van der Waals surface area (Å²) in [5, 5.41) is 54.5. The van der Waals surface area contributed by atoms with Crippen molar-refractivity contribution < 1.29 is 49.3 Å². The molecule has 6 N–H and O–H groups in total. The minimum atomic E-state index is -1.57. The zero-order valence-electron chi connectivity index (χ0n) is 51.2. The van der Waals surface area contributed by atoms with Crippen LogP contribution in [0.15, 0.2) is 12.2 Å². The van der Waals surface area contributed by atoms with Crippen molar-refractivity contribution in [2.75, 3.05) is 19.8 Å². The minimum absolute atomic E-state index is 0.00764. The monoisotopic (exact) mass is 1110 g/mol. The number of aliphatic hydroxyl groups excluding tert-OH is 5. The van der Waals surface area contributed by atoms with Gasteiger partial charge in [0.2, 0.25) is 5.91 Å². The average Bonchev–Trinajstić information content (AvgIpc) is 3.44. The highest BCUT2D eigenvalue weighted by atomic mass is 16.7. The average molecular weight is 1110 g/mol. The molecule has 1 rings (SSSR count). The van der Waals surface area contributed by atoms with Crippen LogP contribution in [-0.2, 0) is 23.8 Å². The number of carbonyl (C=O) groups is 2. The van der Waals surface area contributed by atoms with Crippen molar-refractivity contribution >= 4 is 11.9 Å². The Morgan fingerprint density at radius 1 is 0.462 bits per heavy atom. The van der Waals surface area contributed by atoms with Crippen LogP contribution in [0.3, 0.4) is 0 Å². The van der Waals surface area contributed by atoms with E-state index in [-0.39, 0.29) is 18.5 Å². The molecule has 1 saturated heterocycles. The van der Waals surface area contributed by atoms with E-state index < -0.39 is 49.5 Å². The van der Waals surface area contributed by atoms with Gasteiger partial charge in [-0.15, -0.1) is 0 Å². The van der Waals surface area contributed by atoms with Crippen LogP contribution >= 0.6 is 0 Å². The second kappa shape index (κ2) is 57.2. The van der Waals surface area contributed by atoms with Crippen molar-refractivity contribution in [3.8, 4) is 0 Å². The standard InChI is InChI=1S/C67H129NO10/c1-3-5-7-9-11-13-15-30-34-37-41-45-49-53-60(70)59(58-77-67-66(75)65(74)64(73)61(57-69)78-67)68-62(71)54-50-46-42-38-35-31-28-26-24-22-20-18-16-17-19-21-23-25-27-29-32-36-40-44-48-52-56-76-63(72)55-51-47-43-39-33-14-12-10-8-6-4-2/h49,53,59-61,64-67,69-70,73-75H,3-48,50-52,54-58H2,1-2H3,(H,68,71)/b53-49+. The first kappa shape index (κ1) is 74.4. The summed E-state index contributed by atoms with van der Waals surface area (Å²) in [7, 11) is 0. The molecule has 0 aliphatic carbocycles. The van der Waals surface area contributed by atoms with Crippen LogP contribution in [0.4, 0.5) is 0 Å². The summed E-state index contributed by atoms with van der Waals surface area (Å²) in [6, 6.07) is -0.807. The van der Waals surface area contributed by atoms with Gasteiger partial charge in [-0.1, -0.05) is 309 Å². The molecule has 0 bridgehead atoms. The summed E-state index contributed by atoms with van der Waals surface area (Å²) >= 11 is 0. The molecule has 1 amide bonds. The number of unbranched alkanes of at least 4 members (excludes halogenated alkanes) is 46. The van der Waals surface area contributed by atoms with E-state index in [9.17, 15) is 35.1 Å². The van der Waals surface area contributed by atoms with Gasteiger partial charge in [-0.2, -0.15) is 0 Å². The Kier molecular flexibility index (Phi) is 54.6. The molecule has 0 aromatic carbocycles. The summed E-state index contributed by atoms with van der Waals surface area (Å²) in [6.45, 7) is 4.38. The molecule has 7 unspecified atom stereocenters. The SMILES string of the molecule is CCCCCCCCCCCCC/C=C/C(O)C(COC1OC(CO)C(O)C(O)C1O)NC(=O)CCCCCCCCCCCCCCCCCCCCCCCCCCCCOC(=O)CCCCCCCCCCCCC. The van der Waals surface area contributed by atoms with Gasteiger partial charge in [-0.25, -0.2) is 0 Å². The summed E-state index contributed by atoms with van der Waals surface area (Å²) < 4.78 is 16.7. The Morgan fingerprint density at radius 2 is 0.808 bits per heavy atom. The van der Waals surface area contributed by atoms with Crippen LogP contribution < -0.4 is 5.32 Å². The van der Waals surface area contributed by atoms with E-state index in [2.05, 4.69) is 19.2 Å². The Balaban J connectivity index is 1.99. The molecule has 1 aliphatic rings. The van der Waals surface area contributed by atoms with Crippen molar-refractivity contribution in [3.05, 3.63) is 12.2 Å². The highest BCUT2D eigenvalue weighted by molar-refractivity contribution is 5.76. The maximum absolute atomic E-state index is 13.1. The van der Waals surface area contributed by atoms with Gasteiger partial charge in [0.1, 0.15) is 24.4 Å². The number of nitrogens with one attached hydrogen (secondary N) is 1. The molecule has 0 saturated carbocycles. The lowest BCUT2D eigenvalue weighted by Gasteiger charge is -2.40. The Hall–Kier alpha value is -1.60. The third-order valence-electron chi connectivity index (χ3n) is 16.4. The maximum Gasteiger partial charge on any atom is 0.305 e. The normalized spacial score (nSPS) is 18.5. The number of aliphatic hydroxyl groups is 5. The van der Waals surface area contributed by atoms with Gasteiger partial charge >= 0.3 is 5.97 Å². The largest absolute Gasteiger partial charge is 0.466 e. The number of rotatable bonds is 60. The predicted molar refractivity (Wildman–Crippen MR) is 325 cm³/mol. The Bertz CT molecular complexity index is 1300. The fourth-order valence-corrected chi connectivity index (χ4v) is 11.0. The first-order valence-electron chi connectivity index (χ1n) is 34.0. The number of carbonyl (C=O) groups excluding carboxylic acids is 2. The van der Waals surface area contributed by atoms with Crippen molar-refractivity contribution in [2.24, 2.45) is 0 Å². The zero-order valence-corrected chi connectivity index (χ0v) is 51.2. The van der Waals surface area contributed by atoms with Crippen LogP contribution in [0.1, 0.15) is 341 Å². The molecular weight excluding hydrogens is 979 g/mol. The summed E-state index contributed by atoms with van der Waals surface area (Å²) in [5.74, 6) is -0.169. The van der Waals surface area contributed by atoms with Crippen LogP contribution in [0.2, 0.25) is 0 Å². The third-order valence-corrected chi connectivity index (χ3v) is 16.4. The Morgan fingerprint density at radius 3 is 1.19 bits per heavy atom. The van der Waals surface area contributed by atoms with E-state index >= 15 is 0 Å². The fraction of sp³-hybridized carbons (Fsp3) is 0.940. The predicted octanol–water partition coefficient (Wildman–Crippen LogP) is 16.7. The summed E-state index contributed by atoms with van der Waals surface area (Å²) in [4.78, 5) is 25.1. The highest BCUT2D eigenvalue weighted by Gasteiger charge is 2.44. The van der Waals surface area contributed by atoms with Gasteiger partial charge < -0.3 is 45.1 Å². The maximum atomic E-state index is 13.1. The lowest BCUT2D eigenvalue weighted by molar-refractivity contribution is -0.302. The number of ether oxygens (including phenoxy) is 3. The van der Waals surface area contributed by atoms with E-state index in [1.165, 1.54) is 257 Å². The van der Waals surface area contributed by atoms with E-state index in [4.69, 9.17) is 14.2 Å². The number of amides is 1. The van der Waals surface area contributed by atoms with Gasteiger partial charge in [-0.3, -0.25) is 9.59 Å². The van der Waals surface area contributed by atoms with Crippen LogP contribution in [0.5, 0.6) is 0 Å². The van der Waals surface area contributed by atoms with E-state index in [1.807, 2.05) is 6.08 Å². The van der Waals surface area contributed by atoms with Gasteiger partial charge in [0, 0.05) is 12.8 Å². The van der Waals surface area contributed by atoms with Gasteiger partial charge in [0.05, 0.1) is 32.0 Å². The molecular formula is C67H129NO10. The van der Waals surface area contributed by atoms with Gasteiger partial charge in [-0.05, 0) is 32.1 Å². The lowest BCUT2D eigenvalue weighted by atomic mass is 9.99. The second-order valence-electron chi connectivity index (χ2n) is 23.9. The Labute approximate surface area is 480 Å². The van der Waals surface area contributed by atoms with E-state index in [0.29, 0.717) is 19.4 Å². The van der Waals surface area contributed by atoms with Crippen molar-refractivity contribution in [1.82, 2.24) is 5.32 Å². The van der Waals surface area contributed by atoms with Crippen LogP contribution in [0.25, 0.3) is 0 Å². The first-order chi connectivity index (χ1) is 38.2. The molecule has 0 spiro atoms. The van der Waals surface area contributed by atoms with Crippen molar-refractivity contribution in [3.63, 3.8) is 0 Å². The molecule has 0 aromatic rings. The zero-order chi connectivity index (χ0) is 56.6. The molecule has 1 aliphatic heterocycles. The van der Waals surface area contributed by atoms with Crippen LogP contribution in [0, 0.1) is 0 Å². The molecule has 0 radical (unpaired) electrons. The smallest absolute Gasteiger partial charge is 0.305 e. The fourth-order valence-electron chi connectivity index (χ4n) is 11.0. The molecule has 0 aromatic heterocycles. The molecule has 7 atom stereocenters. The number of allylic oxidation sites excluding steroid dienone is 1. The summed E-state index contributed by atoms with van der Waals surface area (Å²) in [6.07, 6.45) is 59.0. The lowest BCUT2D eigenvalue weighted by Crippen LogP contribution is -2.60. The molecule has 78 heavy (non-hydrogen) atoms. The first-order valence-corrected chi connectivity index (χ1v) is 34.0. The van der Waals surface area contributed by atoms with Gasteiger partial charge in [0.25, 0.3) is 0 Å². The highest BCUT2D eigenvalue weighted by Crippen LogP contribution is 2.23. The molecule has 1 fully saturated rings. The number of esters is 1. The van der Waals surface area contributed by atoms with Crippen molar-refractivity contribution in [2.45, 2.75) is 384 Å². The number of hydrogen-bond donors (Lipinski definition) is 6. The van der Waals surface area contributed by atoms with Gasteiger partial charge in [0.15, 0.2) is 6.29 Å². The third kappa shape index (κ3) is 45.9. The van der Waals surface area contributed by atoms with E-state index in [1.54, 1.807) is 6.08 Å². The molecule has 462 valence electrons. The minimum Gasteiger partial charge on any atom is -0.466 e. The summed E-state index contributed by atoms with van der Waals surface area (Å²) in [5.41, 5.74) is 0. The topological polar surface area (TPSA) is 175 Å². The van der Waals surface area contributed by atoms with Crippen LogP contribution in [-0.4, -0.2) is 100 Å². The molecule has 11 nitrogen and oxygen atoms in total. The molecule has 11 heteroatoms. The quantitative estimate of drug-likeness (QED) is 0.0195. The van der Waals surface area contributed by atoms with E-state index in [0.717, 1.165) is 57.8 Å². The molecule has 1 heterocycles. The second-order valence-corrected chi connectivity index (χ2v) is 23.9. The number of hydrogen-bond acceptors (Lipinski definition) is 10. The van der Waals surface area contributed by atoms with Crippen molar-refractivity contribution in [1.29, 1.82) is 0 Å².